The van der Waals surface area contributed by atoms with Crippen LogP contribution in [-0.2, 0) is 17.8 Å². The topological polar surface area (TPSA) is 44.8 Å². The van der Waals surface area contributed by atoms with Crippen LogP contribution in [0.5, 0.6) is 17.2 Å². The SMILES string of the molecule is CCOc1cccc(OC(=O)CC)c1COc1cc(F)c(CC)cc1C(F)F. The van der Waals surface area contributed by atoms with Gasteiger partial charge in [0.15, 0.2) is 0 Å². The van der Waals surface area contributed by atoms with E-state index in [9.17, 15) is 18.0 Å². The summed E-state index contributed by atoms with van der Waals surface area (Å²) in [6.07, 6.45) is -2.37. The zero-order valence-electron chi connectivity index (χ0n) is 16.1. The van der Waals surface area contributed by atoms with Crippen LogP contribution in [-0.4, -0.2) is 12.6 Å². The van der Waals surface area contributed by atoms with Gasteiger partial charge in [-0.1, -0.05) is 19.9 Å². The van der Waals surface area contributed by atoms with Crippen LogP contribution in [0.3, 0.4) is 0 Å². The molecule has 0 fully saturated rings. The second kappa shape index (κ2) is 10.0. The number of esters is 1. The predicted octanol–water partition coefficient (Wildman–Crippen LogP) is 5.62. The molecule has 2 rings (SSSR count). The third-order valence-corrected chi connectivity index (χ3v) is 4.07. The summed E-state index contributed by atoms with van der Waals surface area (Å²) in [4.78, 5) is 11.7. The van der Waals surface area contributed by atoms with Gasteiger partial charge in [0.05, 0.1) is 17.7 Å². The number of rotatable bonds is 9. The fourth-order valence-electron chi connectivity index (χ4n) is 2.60. The third kappa shape index (κ3) is 5.18. The highest BCUT2D eigenvalue weighted by Gasteiger charge is 2.20. The first-order valence-corrected chi connectivity index (χ1v) is 9.09. The largest absolute Gasteiger partial charge is 0.493 e. The van der Waals surface area contributed by atoms with Gasteiger partial charge in [0.1, 0.15) is 29.7 Å². The number of aryl methyl sites for hydroxylation is 1. The molecule has 0 heterocycles. The average Bonchev–Trinajstić information content (AvgIpc) is 2.67. The zero-order valence-corrected chi connectivity index (χ0v) is 16.1. The molecule has 2 aromatic rings. The van der Waals surface area contributed by atoms with Crippen molar-refractivity contribution in [2.24, 2.45) is 0 Å². The van der Waals surface area contributed by atoms with Crippen LogP contribution in [0.25, 0.3) is 0 Å². The molecule has 2 aromatic carbocycles. The Kier molecular flexibility index (Phi) is 7.72. The Bertz CT molecular complexity index is 822. The van der Waals surface area contributed by atoms with Gasteiger partial charge >= 0.3 is 5.97 Å². The highest BCUT2D eigenvalue weighted by molar-refractivity contribution is 5.72. The molecule has 0 bridgehead atoms. The van der Waals surface area contributed by atoms with Gasteiger partial charge in [-0.25, -0.2) is 13.2 Å². The highest BCUT2D eigenvalue weighted by Crippen LogP contribution is 2.35. The Morgan fingerprint density at radius 2 is 1.75 bits per heavy atom. The van der Waals surface area contributed by atoms with E-state index in [-0.39, 0.29) is 42.1 Å². The summed E-state index contributed by atoms with van der Waals surface area (Å²) in [7, 11) is 0. The van der Waals surface area contributed by atoms with Crippen molar-refractivity contribution < 1.29 is 32.2 Å². The van der Waals surface area contributed by atoms with E-state index in [1.807, 2.05) is 0 Å². The lowest BCUT2D eigenvalue weighted by Gasteiger charge is -2.17. The molecule has 0 aliphatic heterocycles. The van der Waals surface area contributed by atoms with Crippen LogP contribution in [0.15, 0.2) is 30.3 Å². The van der Waals surface area contributed by atoms with E-state index < -0.39 is 18.2 Å². The summed E-state index contributed by atoms with van der Waals surface area (Å²) in [6, 6.07) is 6.93. The van der Waals surface area contributed by atoms with Gasteiger partial charge in [0.25, 0.3) is 6.43 Å². The maximum Gasteiger partial charge on any atom is 0.310 e. The summed E-state index contributed by atoms with van der Waals surface area (Å²) in [6.45, 7) is 5.23. The van der Waals surface area contributed by atoms with E-state index in [0.29, 0.717) is 17.9 Å². The van der Waals surface area contributed by atoms with E-state index >= 15 is 0 Å². The Balaban J connectivity index is 2.37. The molecule has 28 heavy (non-hydrogen) atoms. The minimum absolute atomic E-state index is 0.165. The molecule has 0 aromatic heterocycles. The molecule has 0 amide bonds. The molecule has 0 saturated heterocycles. The fraction of sp³-hybridized carbons (Fsp3) is 0.381. The molecule has 152 valence electrons. The van der Waals surface area contributed by atoms with E-state index in [4.69, 9.17) is 14.2 Å². The molecular weight excluding hydrogens is 373 g/mol. The van der Waals surface area contributed by atoms with E-state index in [1.165, 1.54) is 0 Å². The Hall–Kier alpha value is -2.70. The fourth-order valence-corrected chi connectivity index (χ4v) is 2.60. The van der Waals surface area contributed by atoms with Crippen LogP contribution >= 0.6 is 0 Å². The number of hydrogen-bond donors (Lipinski definition) is 0. The van der Waals surface area contributed by atoms with Gasteiger partial charge in [0, 0.05) is 12.5 Å². The molecule has 7 heteroatoms. The van der Waals surface area contributed by atoms with Crippen LogP contribution in [0.4, 0.5) is 13.2 Å². The summed E-state index contributed by atoms with van der Waals surface area (Å²) in [5.74, 6) is -0.724. The lowest BCUT2D eigenvalue weighted by Crippen LogP contribution is -2.10. The first kappa shape index (κ1) is 21.6. The van der Waals surface area contributed by atoms with Crippen molar-refractivity contribution in [2.75, 3.05) is 6.61 Å². The zero-order chi connectivity index (χ0) is 20.7. The Labute approximate surface area is 162 Å². The minimum atomic E-state index is -2.82. The second-order valence-electron chi connectivity index (χ2n) is 5.92. The van der Waals surface area contributed by atoms with Crippen molar-refractivity contribution >= 4 is 5.97 Å². The highest BCUT2D eigenvalue weighted by atomic mass is 19.3. The number of carbonyl (C=O) groups is 1. The van der Waals surface area contributed by atoms with Crippen molar-refractivity contribution in [3.63, 3.8) is 0 Å². The summed E-state index contributed by atoms with van der Waals surface area (Å²) >= 11 is 0. The third-order valence-electron chi connectivity index (χ3n) is 4.07. The van der Waals surface area contributed by atoms with Gasteiger partial charge < -0.3 is 14.2 Å². The number of carbonyl (C=O) groups excluding carboxylic acids is 1. The lowest BCUT2D eigenvalue weighted by atomic mass is 10.1. The van der Waals surface area contributed by atoms with Gasteiger partial charge in [-0.3, -0.25) is 4.79 Å². The van der Waals surface area contributed by atoms with Crippen LogP contribution < -0.4 is 14.2 Å². The maximum absolute atomic E-state index is 14.1. The van der Waals surface area contributed by atoms with Gasteiger partial charge in [0.2, 0.25) is 0 Å². The molecular formula is C21H23F3O4. The second-order valence-corrected chi connectivity index (χ2v) is 5.92. The molecule has 0 N–H and O–H groups in total. The van der Waals surface area contributed by atoms with Crippen LogP contribution in [0, 0.1) is 5.82 Å². The van der Waals surface area contributed by atoms with E-state index in [2.05, 4.69) is 0 Å². The van der Waals surface area contributed by atoms with Gasteiger partial charge in [-0.2, -0.15) is 0 Å². The van der Waals surface area contributed by atoms with Gasteiger partial charge in [-0.15, -0.1) is 0 Å². The molecule has 0 saturated carbocycles. The van der Waals surface area contributed by atoms with Crippen molar-refractivity contribution in [3.05, 3.63) is 52.8 Å². The van der Waals surface area contributed by atoms with Crippen molar-refractivity contribution in [1.82, 2.24) is 0 Å². The van der Waals surface area contributed by atoms with Crippen molar-refractivity contribution in [3.8, 4) is 17.2 Å². The normalized spacial score (nSPS) is 10.8. The standard InChI is InChI=1S/C21H23F3O4/c1-4-13-10-14(21(23)24)19(11-16(13)22)27-12-15-17(26-6-3)8-7-9-18(15)28-20(25)5-2/h7-11,21H,4-6,12H2,1-3H3. The number of benzene rings is 2. The van der Waals surface area contributed by atoms with Gasteiger partial charge in [-0.05, 0) is 37.1 Å². The summed E-state index contributed by atoms with van der Waals surface area (Å²) in [5, 5.41) is 0. The predicted molar refractivity (Wildman–Crippen MR) is 98.6 cm³/mol. The summed E-state index contributed by atoms with van der Waals surface area (Å²) < 4.78 is 57.2. The van der Waals surface area contributed by atoms with Crippen molar-refractivity contribution in [1.29, 1.82) is 0 Å². The number of alkyl halides is 2. The smallest absolute Gasteiger partial charge is 0.310 e. The van der Waals surface area contributed by atoms with Crippen LogP contribution in [0.1, 0.15) is 50.3 Å². The van der Waals surface area contributed by atoms with Crippen molar-refractivity contribution in [2.45, 2.75) is 46.6 Å². The number of ether oxygens (including phenoxy) is 3. The molecule has 0 aliphatic carbocycles. The Morgan fingerprint density at radius 3 is 2.36 bits per heavy atom. The molecule has 0 unspecified atom stereocenters. The van der Waals surface area contributed by atoms with Crippen LogP contribution in [0.2, 0.25) is 0 Å². The minimum Gasteiger partial charge on any atom is -0.493 e. The monoisotopic (exact) mass is 396 g/mol. The van der Waals surface area contributed by atoms with E-state index in [1.54, 1.807) is 39.0 Å². The molecule has 0 radical (unpaired) electrons. The average molecular weight is 396 g/mol. The molecule has 0 aliphatic rings. The summed E-state index contributed by atoms with van der Waals surface area (Å²) in [5.41, 5.74) is 0.181. The number of hydrogen-bond acceptors (Lipinski definition) is 4. The maximum atomic E-state index is 14.1. The first-order valence-electron chi connectivity index (χ1n) is 9.09. The molecule has 4 nitrogen and oxygen atoms in total. The van der Waals surface area contributed by atoms with E-state index in [0.717, 1.165) is 12.1 Å². The Morgan fingerprint density at radius 1 is 1.04 bits per heavy atom. The molecule has 0 spiro atoms. The number of halogens is 3. The first-order chi connectivity index (χ1) is 13.4. The lowest BCUT2D eigenvalue weighted by molar-refractivity contribution is -0.134. The quantitative estimate of drug-likeness (QED) is 0.408. The molecule has 0 atom stereocenters.